The summed E-state index contributed by atoms with van der Waals surface area (Å²) < 4.78 is 5.26. The molecule has 1 fully saturated rings. The Balaban J connectivity index is 1.61. The van der Waals surface area contributed by atoms with Crippen LogP contribution in [0.15, 0.2) is 42.5 Å². The molecule has 11 heteroatoms. The lowest BCUT2D eigenvalue weighted by molar-refractivity contribution is -0.144. The second-order valence-electron chi connectivity index (χ2n) is 11.0. The highest BCUT2D eigenvalue weighted by atomic mass is 35.5. The minimum atomic E-state index is -1.15. The number of alkyl carbamates (subject to hydrolysis) is 1. The molecular formula is C29H35Cl2N3O6. The number of amides is 3. The van der Waals surface area contributed by atoms with Crippen LogP contribution >= 0.6 is 23.2 Å². The molecule has 1 aliphatic carbocycles. The first-order valence-electron chi connectivity index (χ1n) is 13.1. The van der Waals surface area contributed by atoms with Crippen molar-refractivity contribution in [1.82, 2.24) is 10.6 Å². The van der Waals surface area contributed by atoms with Gasteiger partial charge in [-0.3, -0.25) is 9.59 Å². The smallest absolute Gasteiger partial charge is 0.407 e. The van der Waals surface area contributed by atoms with Crippen LogP contribution in [-0.4, -0.2) is 47.2 Å². The SMILES string of the molecule is CC(C)(C)OC(=O)NCCC1(C(=O)N[C@@H](Cc2ccc(NC(=O)c3c(Cl)cccc3Cl)cc2)C(=O)O)CCCC1. The van der Waals surface area contributed by atoms with Crippen molar-refractivity contribution >= 4 is 52.8 Å². The largest absolute Gasteiger partial charge is 0.480 e. The Morgan fingerprint density at radius 2 is 1.60 bits per heavy atom. The van der Waals surface area contributed by atoms with Crippen molar-refractivity contribution in [2.75, 3.05) is 11.9 Å². The second-order valence-corrected chi connectivity index (χ2v) is 11.8. The van der Waals surface area contributed by atoms with Crippen LogP contribution in [0, 0.1) is 5.41 Å². The third-order valence-corrected chi connectivity index (χ3v) is 7.39. The number of anilines is 1. The average Bonchev–Trinajstić information content (AvgIpc) is 3.33. The monoisotopic (exact) mass is 591 g/mol. The Hall–Kier alpha value is -3.30. The van der Waals surface area contributed by atoms with Gasteiger partial charge in [0.15, 0.2) is 0 Å². The van der Waals surface area contributed by atoms with Crippen molar-refractivity contribution in [3.63, 3.8) is 0 Å². The lowest BCUT2D eigenvalue weighted by Gasteiger charge is -2.30. The van der Waals surface area contributed by atoms with Gasteiger partial charge in [-0.2, -0.15) is 0 Å². The topological polar surface area (TPSA) is 134 Å². The van der Waals surface area contributed by atoms with Crippen LogP contribution in [0.1, 0.15) is 68.8 Å². The zero-order valence-electron chi connectivity index (χ0n) is 22.8. The third-order valence-electron chi connectivity index (χ3n) is 6.76. The molecule has 0 bridgehead atoms. The van der Waals surface area contributed by atoms with Crippen LogP contribution in [0.2, 0.25) is 10.0 Å². The molecule has 3 rings (SSSR count). The third kappa shape index (κ3) is 8.60. The predicted octanol–water partition coefficient (Wildman–Crippen LogP) is 5.83. The molecule has 1 saturated carbocycles. The van der Waals surface area contributed by atoms with Crippen molar-refractivity contribution in [2.45, 2.75) is 70.9 Å². The fourth-order valence-electron chi connectivity index (χ4n) is 4.74. The van der Waals surface area contributed by atoms with Gasteiger partial charge in [0.25, 0.3) is 5.91 Å². The average molecular weight is 593 g/mol. The highest BCUT2D eigenvalue weighted by Crippen LogP contribution is 2.41. The standard InChI is InChI=1S/C29H35Cl2N3O6/c1-28(2,3)40-27(39)32-16-15-29(13-4-5-14-29)26(38)34-22(25(36)37)17-18-9-11-19(12-10-18)33-24(35)23-20(30)7-6-8-21(23)31/h6-12,22H,4-5,13-17H2,1-3H3,(H,32,39)(H,33,35)(H,34,38)(H,36,37)/t22-/m0/s1. The Labute approximate surface area is 243 Å². The molecule has 0 aromatic heterocycles. The van der Waals surface area contributed by atoms with Crippen molar-refractivity contribution in [2.24, 2.45) is 5.41 Å². The maximum absolute atomic E-state index is 13.4. The predicted molar refractivity (Wildman–Crippen MR) is 154 cm³/mol. The fraction of sp³-hybridized carbons (Fsp3) is 0.448. The molecule has 0 saturated heterocycles. The number of halogens is 2. The quantitative estimate of drug-likeness (QED) is 0.274. The van der Waals surface area contributed by atoms with E-state index >= 15 is 0 Å². The first-order chi connectivity index (χ1) is 18.8. The van der Waals surface area contributed by atoms with E-state index in [1.807, 2.05) is 0 Å². The summed E-state index contributed by atoms with van der Waals surface area (Å²) in [5, 5.41) is 18.4. The van der Waals surface area contributed by atoms with E-state index < -0.39 is 35.0 Å². The van der Waals surface area contributed by atoms with Gasteiger partial charge in [0, 0.05) is 18.7 Å². The molecule has 2 aromatic carbocycles. The van der Waals surface area contributed by atoms with Crippen molar-refractivity contribution < 1.29 is 29.0 Å². The molecule has 0 aliphatic heterocycles. The molecular weight excluding hydrogens is 557 g/mol. The minimum absolute atomic E-state index is 0.0535. The van der Waals surface area contributed by atoms with Gasteiger partial charge in [-0.05, 0) is 69.9 Å². The highest BCUT2D eigenvalue weighted by Gasteiger charge is 2.42. The molecule has 1 aliphatic rings. The molecule has 0 heterocycles. The highest BCUT2D eigenvalue weighted by molar-refractivity contribution is 6.40. The van der Waals surface area contributed by atoms with Crippen LogP contribution in [0.4, 0.5) is 10.5 Å². The molecule has 216 valence electrons. The Morgan fingerprint density at radius 1 is 1.00 bits per heavy atom. The van der Waals surface area contributed by atoms with Crippen LogP contribution in [-0.2, 0) is 20.7 Å². The first-order valence-corrected chi connectivity index (χ1v) is 13.9. The lowest BCUT2D eigenvalue weighted by Crippen LogP contribution is -2.49. The van der Waals surface area contributed by atoms with Gasteiger partial charge < -0.3 is 25.8 Å². The van der Waals surface area contributed by atoms with E-state index in [4.69, 9.17) is 27.9 Å². The van der Waals surface area contributed by atoms with Crippen LogP contribution in [0.5, 0.6) is 0 Å². The first kappa shape index (κ1) is 31.2. The number of nitrogens with one attached hydrogen (secondary N) is 3. The van der Waals surface area contributed by atoms with Gasteiger partial charge in [-0.15, -0.1) is 0 Å². The number of carbonyl (C=O) groups excluding carboxylic acids is 3. The number of carboxylic acids is 1. The number of carboxylic acid groups (broad SMARTS) is 1. The van der Waals surface area contributed by atoms with Crippen LogP contribution < -0.4 is 16.0 Å². The maximum atomic E-state index is 13.4. The fourth-order valence-corrected chi connectivity index (χ4v) is 5.31. The molecule has 4 N–H and O–H groups in total. The number of benzene rings is 2. The minimum Gasteiger partial charge on any atom is -0.480 e. The van der Waals surface area contributed by atoms with Gasteiger partial charge in [0.1, 0.15) is 11.6 Å². The molecule has 9 nitrogen and oxygen atoms in total. The van der Waals surface area contributed by atoms with Crippen molar-refractivity contribution in [1.29, 1.82) is 0 Å². The van der Waals surface area contributed by atoms with E-state index in [0.29, 0.717) is 30.5 Å². The number of hydrogen-bond donors (Lipinski definition) is 4. The Morgan fingerprint density at radius 3 is 2.15 bits per heavy atom. The van der Waals surface area contributed by atoms with Crippen LogP contribution in [0.25, 0.3) is 0 Å². The molecule has 40 heavy (non-hydrogen) atoms. The molecule has 3 amide bonds. The molecule has 0 unspecified atom stereocenters. The lowest BCUT2D eigenvalue weighted by atomic mass is 9.81. The van der Waals surface area contributed by atoms with E-state index in [1.54, 1.807) is 63.2 Å². The summed E-state index contributed by atoms with van der Waals surface area (Å²) in [4.78, 5) is 50.1. The molecule has 1 atom stereocenters. The molecule has 0 spiro atoms. The van der Waals surface area contributed by atoms with Gasteiger partial charge in [-0.25, -0.2) is 9.59 Å². The summed E-state index contributed by atoms with van der Waals surface area (Å²) in [6.45, 7) is 5.55. The number of ether oxygens (including phenoxy) is 1. The number of aliphatic carboxylic acids is 1. The number of carbonyl (C=O) groups is 4. The Kier molecular flexibility index (Phi) is 10.4. The van der Waals surface area contributed by atoms with Gasteiger partial charge in [0.05, 0.1) is 21.0 Å². The summed E-state index contributed by atoms with van der Waals surface area (Å²) >= 11 is 12.2. The van der Waals surface area contributed by atoms with Gasteiger partial charge >= 0.3 is 12.1 Å². The zero-order valence-corrected chi connectivity index (χ0v) is 24.3. The summed E-state index contributed by atoms with van der Waals surface area (Å²) in [6.07, 6.45) is 2.82. The molecule has 0 radical (unpaired) electrons. The zero-order chi connectivity index (χ0) is 29.5. The van der Waals surface area contributed by atoms with E-state index in [9.17, 15) is 24.3 Å². The van der Waals surface area contributed by atoms with E-state index in [0.717, 1.165) is 12.8 Å². The van der Waals surface area contributed by atoms with Crippen LogP contribution in [0.3, 0.4) is 0 Å². The Bertz CT molecular complexity index is 1220. The van der Waals surface area contributed by atoms with Crippen molar-refractivity contribution in [3.05, 3.63) is 63.6 Å². The number of hydrogen-bond acceptors (Lipinski definition) is 5. The maximum Gasteiger partial charge on any atom is 0.407 e. The van der Waals surface area contributed by atoms with Crippen molar-refractivity contribution in [3.8, 4) is 0 Å². The van der Waals surface area contributed by atoms with E-state index in [2.05, 4.69) is 16.0 Å². The van der Waals surface area contributed by atoms with Gasteiger partial charge in [-0.1, -0.05) is 54.2 Å². The number of rotatable bonds is 10. The van der Waals surface area contributed by atoms with E-state index in [1.165, 1.54) is 0 Å². The molecule has 2 aromatic rings. The van der Waals surface area contributed by atoms with Gasteiger partial charge in [0.2, 0.25) is 5.91 Å². The summed E-state index contributed by atoms with van der Waals surface area (Å²) in [5.74, 6) is -1.95. The summed E-state index contributed by atoms with van der Waals surface area (Å²) in [5.41, 5.74) is -0.0900. The summed E-state index contributed by atoms with van der Waals surface area (Å²) in [6, 6.07) is 10.3. The van der Waals surface area contributed by atoms with E-state index in [-0.39, 0.29) is 34.5 Å². The second kappa shape index (κ2) is 13.4. The summed E-state index contributed by atoms with van der Waals surface area (Å²) in [7, 11) is 0. The normalized spacial score (nSPS) is 15.1.